The average molecular weight is 947 g/mol. The second-order valence-electron chi connectivity index (χ2n) is 19.5. The van der Waals surface area contributed by atoms with E-state index in [-0.39, 0.29) is 12.3 Å². The number of aliphatic imine (C=N–C) groups is 1. The standard InChI is InChI=1S/C70H50N4/c1-4-19-47(20-5-1)48-37-39-50(40-38-48)68-71-67(49-21-6-2-7-22-49)72-69(73-68)57-28-18-27-55(45-57)53-25-16-23-51(43-53)52-24-17-26-54(44-52)56-41-42-60-59-31-10-11-32-61(59)70(64(60)46-56)62-33-12-14-35-65(62)74(58-29-8-3-9-30-58)66-36-15-13-34-63(66)70/h1-46,67,69,72H,(H,71,73). The number of para-hydroxylation sites is 3. The minimum atomic E-state index is -0.520. The Kier molecular flexibility index (Phi) is 10.6. The van der Waals surface area contributed by atoms with E-state index in [4.69, 9.17) is 4.99 Å². The Morgan fingerprint density at radius 1 is 0.324 bits per heavy atom. The van der Waals surface area contributed by atoms with Crippen molar-refractivity contribution in [2.24, 2.45) is 4.99 Å². The molecule has 2 aliphatic heterocycles. The summed E-state index contributed by atoms with van der Waals surface area (Å²) in [6, 6.07) is 102. The summed E-state index contributed by atoms with van der Waals surface area (Å²) < 4.78 is 0. The second kappa shape index (κ2) is 18.0. The highest BCUT2D eigenvalue weighted by atomic mass is 15.3. The maximum atomic E-state index is 5.33. The van der Waals surface area contributed by atoms with Crippen LogP contribution >= 0.6 is 0 Å². The molecular weight excluding hydrogens is 897 g/mol. The molecule has 3 aliphatic rings. The molecule has 2 atom stereocenters. The van der Waals surface area contributed by atoms with Crippen molar-refractivity contribution in [3.8, 4) is 55.6 Å². The third kappa shape index (κ3) is 7.30. The van der Waals surface area contributed by atoms with E-state index < -0.39 is 5.41 Å². The van der Waals surface area contributed by atoms with Crippen LogP contribution in [0.15, 0.2) is 284 Å². The van der Waals surface area contributed by atoms with Crippen LogP contribution in [0.5, 0.6) is 0 Å². The number of hydrogen-bond acceptors (Lipinski definition) is 4. The van der Waals surface area contributed by atoms with Crippen LogP contribution < -0.4 is 15.5 Å². The summed E-state index contributed by atoms with van der Waals surface area (Å²) in [6.45, 7) is 0. The molecule has 4 heteroatoms. The lowest BCUT2D eigenvalue weighted by Crippen LogP contribution is -2.44. The maximum absolute atomic E-state index is 5.33. The van der Waals surface area contributed by atoms with Crippen LogP contribution in [0, 0.1) is 0 Å². The van der Waals surface area contributed by atoms with Crippen molar-refractivity contribution < 1.29 is 0 Å². The van der Waals surface area contributed by atoms with Gasteiger partial charge in [-0.2, -0.15) is 0 Å². The normalized spacial score (nSPS) is 15.8. The lowest BCUT2D eigenvalue weighted by molar-refractivity contribution is 0.409. The molecule has 0 saturated carbocycles. The SMILES string of the molecule is c1ccc(-c2ccc(C3=NC(c4cccc(-c5cccc(-c6cccc(-c7ccc8c(c7)C7(c9ccccc9-8)c8ccccc8N(c8ccccc8)c8ccccc87)c6)c5)c4)NC(c4ccccc4)N3)cc2)cc1. The lowest BCUT2D eigenvalue weighted by atomic mass is 9.64. The number of benzene rings is 11. The van der Waals surface area contributed by atoms with Crippen molar-refractivity contribution in [1.82, 2.24) is 10.6 Å². The highest BCUT2D eigenvalue weighted by molar-refractivity contribution is 6.00. The summed E-state index contributed by atoms with van der Waals surface area (Å²) in [7, 11) is 0. The zero-order valence-corrected chi connectivity index (χ0v) is 40.6. The summed E-state index contributed by atoms with van der Waals surface area (Å²) in [5, 5.41) is 7.54. The van der Waals surface area contributed by atoms with Crippen molar-refractivity contribution in [2.45, 2.75) is 17.7 Å². The number of rotatable bonds is 8. The van der Waals surface area contributed by atoms with E-state index in [1.807, 2.05) is 0 Å². The molecule has 2 heterocycles. The van der Waals surface area contributed by atoms with Gasteiger partial charge in [-0.25, -0.2) is 4.99 Å². The van der Waals surface area contributed by atoms with Crippen molar-refractivity contribution in [2.75, 3.05) is 4.90 Å². The van der Waals surface area contributed by atoms with Crippen LogP contribution in [0.3, 0.4) is 0 Å². The zero-order valence-electron chi connectivity index (χ0n) is 40.6. The van der Waals surface area contributed by atoms with Gasteiger partial charge in [0, 0.05) is 11.3 Å². The third-order valence-electron chi connectivity index (χ3n) is 15.3. The zero-order chi connectivity index (χ0) is 49.0. The number of nitrogens with zero attached hydrogens (tertiary/aromatic N) is 2. The molecule has 2 N–H and O–H groups in total. The lowest BCUT2D eigenvalue weighted by Gasteiger charge is -2.45. The van der Waals surface area contributed by atoms with Gasteiger partial charge in [-0.05, 0) is 138 Å². The Bertz CT molecular complexity index is 3870. The first-order valence-electron chi connectivity index (χ1n) is 25.6. The summed E-state index contributed by atoms with van der Waals surface area (Å²) in [6.07, 6.45) is -0.407. The van der Waals surface area contributed by atoms with Gasteiger partial charge in [0.15, 0.2) is 0 Å². The molecule has 1 spiro atoms. The summed E-state index contributed by atoms with van der Waals surface area (Å²) in [5.41, 5.74) is 23.5. The first-order chi connectivity index (χ1) is 36.7. The molecule has 0 saturated heterocycles. The largest absolute Gasteiger partial charge is 0.350 e. The Labute approximate surface area is 432 Å². The van der Waals surface area contributed by atoms with Crippen LogP contribution in [0.2, 0.25) is 0 Å². The van der Waals surface area contributed by atoms with E-state index in [0.717, 1.165) is 39.3 Å². The number of fused-ring (bicyclic) bond motifs is 9. The molecule has 4 nitrogen and oxygen atoms in total. The number of amidine groups is 1. The topological polar surface area (TPSA) is 39.7 Å². The molecule has 11 aromatic carbocycles. The molecule has 1 aliphatic carbocycles. The van der Waals surface area contributed by atoms with Crippen molar-refractivity contribution in [3.05, 3.63) is 318 Å². The predicted octanol–water partition coefficient (Wildman–Crippen LogP) is 16.8. The summed E-state index contributed by atoms with van der Waals surface area (Å²) in [5.74, 6) is 0.862. The highest BCUT2D eigenvalue weighted by Crippen LogP contribution is 2.63. The maximum Gasteiger partial charge on any atom is 0.131 e. The molecule has 350 valence electrons. The van der Waals surface area contributed by atoms with Crippen LogP contribution in [-0.4, -0.2) is 5.84 Å². The van der Waals surface area contributed by atoms with Crippen LogP contribution in [0.4, 0.5) is 17.1 Å². The van der Waals surface area contributed by atoms with E-state index in [2.05, 4.69) is 295 Å². The predicted molar refractivity (Wildman–Crippen MR) is 305 cm³/mol. The molecule has 0 fully saturated rings. The Morgan fingerprint density at radius 2 is 0.770 bits per heavy atom. The molecule has 2 unspecified atom stereocenters. The smallest absolute Gasteiger partial charge is 0.131 e. The van der Waals surface area contributed by atoms with Gasteiger partial charge in [0.05, 0.1) is 16.8 Å². The van der Waals surface area contributed by atoms with Gasteiger partial charge in [-0.3, -0.25) is 5.32 Å². The average Bonchev–Trinajstić information content (AvgIpc) is 3.79. The van der Waals surface area contributed by atoms with E-state index in [1.54, 1.807) is 0 Å². The van der Waals surface area contributed by atoms with Crippen LogP contribution in [-0.2, 0) is 5.41 Å². The molecular formula is C70H50N4. The van der Waals surface area contributed by atoms with E-state index in [9.17, 15) is 0 Å². The van der Waals surface area contributed by atoms with Crippen molar-refractivity contribution >= 4 is 22.9 Å². The van der Waals surface area contributed by atoms with Gasteiger partial charge in [0.2, 0.25) is 0 Å². The molecule has 14 rings (SSSR count). The van der Waals surface area contributed by atoms with Gasteiger partial charge < -0.3 is 10.2 Å². The first-order valence-corrected chi connectivity index (χ1v) is 25.6. The van der Waals surface area contributed by atoms with E-state index >= 15 is 0 Å². The fourth-order valence-electron chi connectivity index (χ4n) is 11.9. The van der Waals surface area contributed by atoms with Gasteiger partial charge in [0.25, 0.3) is 0 Å². The van der Waals surface area contributed by atoms with E-state index in [0.29, 0.717) is 0 Å². The Hall–Kier alpha value is -9.35. The van der Waals surface area contributed by atoms with Crippen molar-refractivity contribution in [3.63, 3.8) is 0 Å². The van der Waals surface area contributed by atoms with Gasteiger partial charge >= 0.3 is 0 Å². The molecule has 0 amide bonds. The first kappa shape index (κ1) is 43.4. The number of nitrogens with one attached hydrogen (secondary N) is 2. The van der Waals surface area contributed by atoms with Gasteiger partial charge in [-0.15, -0.1) is 0 Å². The fourth-order valence-corrected chi connectivity index (χ4v) is 11.9. The Morgan fingerprint density at radius 3 is 1.42 bits per heavy atom. The second-order valence-corrected chi connectivity index (χ2v) is 19.5. The molecule has 74 heavy (non-hydrogen) atoms. The fraction of sp³-hybridized carbons (Fsp3) is 0.0429. The van der Waals surface area contributed by atoms with E-state index in [1.165, 1.54) is 78.1 Å². The quantitative estimate of drug-likeness (QED) is 0.159. The van der Waals surface area contributed by atoms with Crippen LogP contribution in [0.1, 0.15) is 51.3 Å². The summed E-state index contributed by atoms with van der Waals surface area (Å²) in [4.78, 5) is 7.77. The van der Waals surface area contributed by atoms with Crippen LogP contribution in [0.25, 0.3) is 55.6 Å². The Balaban J connectivity index is 0.813. The monoisotopic (exact) mass is 946 g/mol. The number of anilines is 3. The van der Waals surface area contributed by atoms with Crippen molar-refractivity contribution in [1.29, 1.82) is 0 Å². The molecule has 0 bridgehead atoms. The summed E-state index contributed by atoms with van der Waals surface area (Å²) >= 11 is 0. The minimum absolute atomic E-state index is 0.132. The highest BCUT2D eigenvalue weighted by Gasteiger charge is 2.51. The number of hydrogen-bond donors (Lipinski definition) is 2. The van der Waals surface area contributed by atoms with Gasteiger partial charge in [0.1, 0.15) is 18.2 Å². The molecule has 0 aromatic heterocycles. The molecule has 11 aromatic rings. The third-order valence-corrected chi connectivity index (χ3v) is 15.3. The minimum Gasteiger partial charge on any atom is -0.350 e. The molecule has 0 radical (unpaired) electrons. The van der Waals surface area contributed by atoms with Gasteiger partial charge in [-0.1, -0.05) is 231 Å².